The molecule has 0 spiro atoms. The van der Waals surface area contributed by atoms with Gasteiger partial charge in [-0.25, -0.2) is 15.0 Å². The van der Waals surface area contributed by atoms with E-state index in [0.29, 0.717) is 23.8 Å². The van der Waals surface area contributed by atoms with E-state index >= 15 is 0 Å². The minimum absolute atomic E-state index is 0.0144. The average Bonchev–Trinajstić information content (AvgIpc) is 3.18. The van der Waals surface area contributed by atoms with Gasteiger partial charge >= 0.3 is 0 Å². The fraction of sp³-hybridized carbons (Fsp3) is 0.160. The largest absolute Gasteiger partial charge is 0.395 e. The molecule has 6 heteroatoms. The van der Waals surface area contributed by atoms with Crippen molar-refractivity contribution in [3.63, 3.8) is 0 Å². The van der Waals surface area contributed by atoms with E-state index in [0.717, 1.165) is 29.1 Å². The van der Waals surface area contributed by atoms with Crippen LogP contribution in [0.5, 0.6) is 0 Å². The fourth-order valence-corrected chi connectivity index (χ4v) is 3.47. The summed E-state index contributed by atoms with van der Waals surface area (Å²) in [4.78, 5) is 13.4. The van der Waals surface area contributed by atoms with E-state index in [9.17, 15) is 0 Å². The molecular formula is C25H21ClN4O. The van der Waals surface area contributed by atoms with Crippen LogP contribution < -0.4 is 0 Å². The molecule has 0 atom stereocenters. The summed E-state index contributed by atoms with van der Waals surface area (Å²) < 4.78 is 2.10. The molecule has 0 saturated carbocycles. The van der Waals surface area contributed by atoms with Gasteiger partial charge in [-0.05, 0) is 36.1 Å². The van der Waals surface area contributed by atoms with Crippen molar-refractivity contribution < 1.29 is 5.11 Å². The van der Waals surface area contributed by atoms with Crippen molar-refractivity contribution in [1.82, 2.24) is 19.5 Å². The van der Waals surface area contributed by atoms with E-state index in [-0.39, 0.29) is 6.61 Å². The average molecular weight is 429 g/mol. The Bertz CT molecular complexity index is 1190. The van der Waals surface area contributed by atoms with E-state index in [1.54, 1.807) is 6.20 Å². The van der Waals surface area contributed by atoms with E-state index < -0.39 is 0 Å². The Morgan fingerprint density at radius 3 is 2.52 bits per heavy atom. The van der Waals surface area contributed by atoms with Crippen molar-refractivity contribution in [2.24, 2.45) is 0 Å². The number of rotatable bonds is 6. The third-order valence-electron chi connectivity index (χ3n) is 4.81. The predicted octanol–water partition coefficient (Wildman–Crippen LogP) is 4.64. The Kier molecular flexibility index (Phi) is 6.73. The van der Waals surface area contributed by atoms with Crippen LogP contribution in [0.4, 0.5) is 0 Å². The molecule has 0 saturated heterocycles. The fourth-order valence-electron chi connectivity index (χ4n) is 3.35. The lowest BCUT2D eigenvalue weighted by Gasteiger charge is -2.11. The molecule has 0 aliphatic carbocycles. The molecule has 154 valence electrons. The minimum atomic E-state index is 0.0144. The zero-order valence-electron chi connectivity index (χ0n) is 16.9. The molecule has 0 radical (unpaired) electrons. The van der Waals surface area contributed by atoms with Gasteiger partial charge in [0.15, 0.2) is 5.82 Å². The number of hydrogen-bond acceptors (Lipinski definition) is 4. The number of aliphatic hydroxyl groups excluding tert-OH is 1. The summed E-state index contributed by atoms with van der Waals surface area (Å²) in [5.41, 5.74) is 4.61. The predicted molar refractivity (Wildman–Crippen MR) is 122 cm³/mol. The van der Waals surface area contributed by atoms with Crippen LogP contribution in [-0.2, 0) is 13.0 Å². The highest BCUT2D eigenvalue weighted by Gasteiger charge is 2.20. The normalized spacial score (nSPS) is 10.5. The Hall–Kier alpha value is -3.46. The maximum atomic E-state index is 9.15. The molecule has 0 aliphatic heterocycles. The summed E-state index contributed by atoms with van der Waals surface area (Å²) in [7, 11) is 0. The van der Waals surface area contributed by atoms with Crippen LogP contribution in [0, 0.1) is 11.8 Å². The molecule has 31 heavy (non-hydrogen) atoms. The number of benzene rings is 2. The highest BCUT2D eigenvalue weighted by Crippen LogP contribution is 2.32. The first kappa shape index (κ1) is 20.8. The van der Waals surface area contributed by atoms with Crippen LogP contribution in [0.25, 0.3) is 22.6 Å². The molecule has 0 unspecified atom stereocenters. The zero-order chi connectivity index (χ0) is 21.5. The quantitative estimate of drug-likeness (QED) is 0.454. The van der Waals surface area contributed by atoms with Gasteiger partial charge in [0.2, 0.25) is 0 Å². The molecule has 2 aromatic carbocycles. The molecule has 4 rings (SSSR count). The van der Waals surface area contributed by atoms with E-state index in [4.69, 9.17) is 21.7 Å². The van der Waals surface area contributed by atoms with Crippen LogP contribution in [0.1, 0.15) is 17.8 Å². The summed E-state index contributed by atoms with van der Waals surface area (Å²) in [6.45, 7) is 0.702. The minimum Gasteiger partial charge on any atom is -0.395 e. The molecule has 0 bridgehead atoms. The van der Waals surface area contributed by atoms with Crippen LogP contribution >= 0.6 is 11.6 Å². The maximum Gasteiger partial charge on any atom is 0.186 e. The lowest BCUT2D eigenvalue weighted by molar-refractivity contribution is 0.305. The van der Waals surface area contributed by atoms with Gasteiger partial charge in [0.05, 0.1) is 23.7 Å². The number of nitrogens with zero attached hydrogens (tertiary/aromatic N) is 4. The Balaban J connectivity index is 1.86. The van der Waals surface area contributed by atoms with Crippen molar-refractivity contribution in [1.29, 1.82) is 0 Å². The van der Waals surface area contributed by atoms with Gasteiger partial charge in [-0.1, -0.05) is 60.0 Å². The summed E-state index contributed by atoms with van der Waals surface area (Å²) in [6.07, 6.45) is 4.47. The zero-order valence-corrected chi connectivity index (χ0v) is 17.6. The molecule has 2 aromatic heterocycles. The molecule has 0 amide bonds. The first-order chi connectivity index (χ1) is 15.3. The third kappa shape index (κ3) is 5.00. The second kappa shape index (κ2) is 10.0. The van der Waals surface area contributed by atoms with Crippen LogP contribution in [0.2, 0.25) is 5.02 Å². The summed E-state index contributed by atoms with van der Waals surface area (Å²) >= 11 is 6.10. The van der Waals surface area contributed by atoms with Crippen LogP contribution in [0.3, 0.4) is 0 Å². The highest BCUT2D eigenvalue weighted by atomic mass is 35.5. The van der Waals surface area contributed by atoms with Gasteiger partial charge in [-0.15, -0.1) is 0 Å². The van der Waals surface area contributed by atoms with Gasteiger partial charge in [-0.3, -0.25) is 0 Å². The second-order valence-electron chi connectivity index (χ2n) is 6.90. The van der Waals surface area contributed by atoms with Gasteiger partial charge < -0.3 is 9.67 Å². The molecule has 2 heterocycles. The molecule has 0 aliphatic rings. The number of hydrogen-bond donors (Lipinski definition) is 1. The lowest BCUT2D eigenvalue weighted by Crippen LogP contribution is -2.07. The number of aromatic nitrogens is 4. The van der Waals surface area contributed by atoms with Crippen molar-refractivity contribution in [3.8, 4) is 34.5 Å². The highest BCUT2D eigenvalue weighted by molar-refractivity contribution is 6.30. The number of imidazole rings is 1. The van der Waals surface area contributed by atoms with E-state index in [1.807, 2.05) is 48.5 Å². The van der Waals surface area contributed by atoms with Crippen LogP contribution in [0.15, 0.2) is 73.2 Å². The second-order valence-corrected chi connectivity index (χ2v) is 7.33. The Morgan fingerprint density at radius 1 is 1.00 bits per heavy atom. The third-order valence-corrected chi connectivity index (χ3v) is 5.07. The van der Waals surface area contributed by atoms with Crippen LogP contribution in [-0.4, -0.2) is 31.2 Å². The summed E-state index contributed by atoms with van der Waals surface area (Å²) in [5, 5.41) is 9.81. The SMILES string of the molecule is OCCC#Cc1nc(-c2ccc(Cl)cc2)c(-c2ccncn2)n1CCc1ccccc1. The topological polar surface area (TPSA) is 63.8 Å². The standard InChI is InChI=1S/C25H21ClN4O/c26-21-11-9-20(10-12-21)24-25(22-13-15-27-18-28-22)30(23(29-24)8-4-5-17-31)16-14-19-6-2-1-3-7-19/h1-3,6-7,9-13,15,18,31H,5,14,16-17H2. The summed E-state index contributed by atoms with van der Waals surface area (Å²) in [6, 6.07) is 19.8. The molecule has 5 nitrogen and oxygen atoms in total. The van der Waals surface area contributed by atoms with Crippen molar-refractivity contribution >= 4 is 11.6 Å². The number of halogens is 1. The number of aliphatic hydroxyl groups is 1. The smallest absolute Gasteiger partial charge is 0.186 e. The molecule has 1 N–H and O–H groups in total. The summed E-state index contributed by atoms with van der Waals surface area (Å²) in [5.74, 6) is 6.78. The van der Waals surface area contributed by atoms with E-state index in [1.165, 1.54) is 11.9 Å². The monoisotopic (exact) mass is 428 g/mol. The van der Waals surface area contributed by atoms with Crippen molar-refractivity contribution in [2.45, 2.75) is 19.4 Å². The van der Waals surface area contributed by atoms with Gasteiger partial charge in [-0.2, -0.15) is 0 Å². The lowest BCUT2D eigenvalue weighted by atomic mass is 10.1. The maximum absolute atomic E-state index is 9.15. The van der Waals surface area contributed by atoms with Gasteiger partial charge in [0.1, 0.15) is 6.33 Å². The molecular weight excluding hydrogens is 408 g/mol. The molecule has 0 fully saturated rings. The van der Waals surface area contributed by atoms with E-state index in [2.05, 4.69) is 38.5 Å². The first-order valence-corrected chi connectivity index (χ1v) is 10.4. The number of aryl methyl sites for hydroxylation is 1. The van der Waals surface area contributed by atoms with Crippen molar-refractivity contribution in [2.75, 3.05) is 6.61 Å². The van der Waals surface area contributed by atoms with Crippen molar-refractivity contribution in [3.05, 3.63) is 89.6 Å². The van der Waals surface area contributed by atoms with Gasteiger partial charge in [0.25, 0.3) is 0 Å². The first-order valence-electron chi connectivity index (χ1n) is 10.0. The Labute approximate surface area is 186 Å². The Morgan fingerprint density at radius 2 is 1.81 bits per heavy atom. The van der Waals surface area contributed by atoms with Gasteiger partial charge in [0, 0.05) is 29.7 Å². The molecule has 4 aromatic rings.